The van der Waals surface area contributed by atoms with E-state index in [2.05, 4.69) is 21.4 Å². The van der Waals surface area contributed by atoms with E-state index in [0.29, 0.717) is 31.8 Å². The molecule has 2 atom stereocenters. The normalized spacial score (nSPS) is 17.4. The molecule has 210 valence electrons. The number of halogens is 3. The molecule has 3 aromatic rings. The number of hydrogen-bond acceptors (Lipinski definition) is 7. The van der Waals surface area contributed by atoms with Crippen molar-refractivity contribution in [3.63, 3.8) is 0 Å². The molecule has 4 rings (SSSR count). The molecular formula is C28H28F3N5O3S. The summed E-state index contributed by atoms with van der Waals surface area (Å²) in [5.41, 5.74) is 1.04. The number of hydrogen-bond donors (Lipinski definition) is 1. The Morgan fingerprint density at radius 3 is 2.33 bits per heavy atom. The molecule has 0 aliphatic carbocycles. The number of carbonyl (C=O) groups excluding carboxylic acids is 1. The lowest BCUT2D eigenvalue weighted by Gasteiger charge is -2.23. The number of anilines is 1. The highest BCUT2D eigenvalue weighted by Gasteiger charge is 2.35. The topological polar surface area (TPSA) is 116 Å². The minimum absolute atomic E-state index is 0.00525. The van der Waals surface area contributed by atoms with Gasteiger partial charge in [0.2, 0.25) is 5.95 Å². The summed E-state index contributed by atoms with van der Waals surface area (Å²) in [6.45, 7) is 2.23. The Morgan fingerprint density at radius 2 is 1.75 bits per heavy atom. The Balaban J connectivity index is 1.42. The number of nitrogens with zero attached hydrogens (tertiary/aromatic N) is 4. The van der Waals surface area contributed by atoms with Crippen molar-refractivity contribution in [2.45, 2.75) is 55.8 Å². The van der Waals surface area contributed by atoms with Gasteiger partial charge in [-0.05, 0) is 48.2 Å². The summed E-state index contributed by atoms with van der Waals surface area (Å²) in [5.74, 6) is -0.0783. The highest BCUT2D eigenvalue weighted by atomic mass is 32.2. The van der Waals surface area contributed by atoms with Gasteiger partial charge in [-0.15, -0.1) is 0 Å². The molecule has 1 saturated heterocycles. The molecule has 40 heavy (non-hydrogen) atoms. The van der Waals surface area contributed by atoms with E-state index in [1.165, 1.54) is 36.7 Å². The van der Waals surface area contributed by atoms with Crippen molar-refractivity contribution in [2.24, 2.45) is 0 Å². The zero-order chi connectivity index (χ0) is 28.9. The lowest BCUT2D eigenvalue weighted by molar-refractivity contribution is -0.137. The van der Waals surface area contributed by atoms with Crippen LogP contribution in [-0.4, -0.2) is 42.6 Å². The summed E-state index contributed by atoms with van der Waals surface area (Å²) < 4.78 is 62.8. The Labute approximate surface area is 230 Å². The Morgan fingerprint density at radius 1 is 1.10 bits per heavy atom. The fraction of sp³-hybridized carbons (Fsp3) is 0.357. The van der Waals surface area contributed by atoms with Crippen LogP contribution in [0.15, 0.2) is 65.8 Å². The Kier molecular flexibility index (Phi) is 8.73. The zero-order valence-electron chi connectivity index (χ0n) is 21.7. The van der Waals surface area contributed by atoms with Gasteiger partial charge in [0.05, 0.1) is 27.8 Å². The van der Waals surface area contributed by atoms with Crippen LogP contribution in [-0.2, 0) is 22.6 Å². The van der Waals surface area contributed by atoms with Crippen molar-refractivity contribution >= 4 is 21.7 Å². The van der Waals surface area contributed by atoms with Crippen LogP contribution in [0.25, 0.3) is 0 Å². The van der Waals surface area contributed by atoms with Crippen LogP contribution in [0.2, 0.25) is 0 Å². The fourth-order valence-electron chi connectivity index (χ4n) is 4.70. The summed E-state index contributed by atoms with van der Waals surface area (Å²) in [7, 11) is -3.30. The summed E-state index contributed by atoms with van der Waals surface area (Å²) in [4.78, 5) is 23.6. The SMILES string of the molecule is CCS(=O)(=O)c1ccc(CNC(=O)c2cnc(N3CC(c4ccc(C(F)(F)F)cc4)C[C@H]3CCC#N)nc2)cc1. The molecule has 8 nitrogen and oxygen atoms in total. The van der Waals surface area contributed by atoms with E-state index >= 15 is 0 Å². The first kappa shape index (κ1) is 29.0. The number of nitriles is 1. The molecule has 2 aromatic carbocycles. The number of benzene rings is 2. The summed E-state index contributed by atoms with van der Waals surface area (Å²) in [6.07, 6.45) is -0.0933. The minimum Gasteiger partial charge on any atom is -0.348 e. The van der Waals surface area contributed by atoms with Gasteiger partial charge < -0.3 is 10.2 Å². The standard InChI is InChI=1S/C28H28F3N5O3S/c1-2-40(38,39)25-11-5-19(6-12-25)15-33-26(37)22-16-34-27(35-17-22)36-18-21(14-24(36)4-3-13-32)20-7-9-23(10-8-20)28(29,30)31/h5-12,16-17,21,24H,2-4,14-15,18H2,1H3,(H,33,37)/t21?,24-/m1/s1. The Bertz CT molecular complexity index is 1470. The van der Waals surface area contributed by atoms with Crippen LogP contribution in [0.1, 0.15) is 59.2 Å². The Hall–Kier alpha value is -3.98. The van der Waals surface area contributed by atoms with E-state index in [1.807, 2.05) is 4.90 Å². The first-order valence-electron chi connectivity index (χ1n) is 12.7. The van der Waals surface area contributed by atoms with Crippen LogP contribution >= 0.6 is 0 Å². The van der Waals surface area contributed by atoms with Crippen LogP contribution in [0.3, 0.4) is 0 Å². The van der Waals surface area contributed by atoms with Gasteiger partial charge in [0.1, 0.15) is 0 Å². The number of carbonyl (C=O) groups is 1. The fourth-order valence-corrected chi connectivity index (χ4v) is 5.59. The molecule has 0 spiro atoms. The molecule has 1 aromatic heterocycles. The monoisotopic (exact) mass is 571 g/mol. The third-order valence-corrected chi connectivity index (χ3v) is 8.74. The van der Waals surface area contributed by atoms with Crippen molar-refractivity contribution in [3.05, 3.63) is 83.2 Å². The van der Waals surface area contributed by atoms with Gasteiger partial charge >= 0.3 is 6.18 Å². The van der Waals surface area contributed by atoms with Crippen molar-refractivity contribution in [2.75, 3.05) is 17.2 Å². The lowest BCUT2D eigenvalue weighted by atomic mass is 9.94. The smallest absolute Gasteiger partial charge is 0.348 e. The molecule has 1 aliphatic heterocycles. The summed E-state index contributed by atoms with van der Waals surface area (Å²) >= 11 is 0. The van der Waals surface area contributed by atoms with E-state index in [4.69, 9.17) is 5.26 Å². The van der Waals surface area contributed by atoms with Gasteiger partial charge in [0.15, 0.2) is 9.84 Å². The maximum atomic E-state index is 13.0. The van der Waals surface area contributed by atoms with E-state index in [9.17, 15) is 26.4 Å². The average Bonchev–Trinajstić information content (AvgIpc) is 3.39. The van der Waals surface area contributed by atoms with Gasteiger partial charge in [0, 0.05) is 43.9 Å². The van der Waals surface area contributed by atoms with Crippen LogP contribution in [0.5, 0.6) is 0 Å². The predicted molar refractivity (Wildman–Crippen MR) is 142 cm³/mol. The second kappa shape index (κ2) is 12.0. The van der Waals surface area contributed by atoms with Crippen LogP contribution < -0.4 is 10.2 Å². The zero-order valence-corrected chi connectivity index (χ0v) is 22.5. The number of alkyl halides is 3. The second-order valence-electron chi connectivity index (χ2n) is 9.56. The van der Waals surface area contributed by atoms with Crippen LogP contribution in [0, 0.1) is 11.3 Å². The first-order valence-corrected chi connectivity index (χ1v) is 14.4. The van der Waals surface area contributed by atoms with E-state index in [-0.39, 0.29) is 34.7 Å². The third kappa shape index (κ3) is 6.77. The molecule has 12 heteroatoms. The molecule has 1 amide bonds. The molecule has 0 radical (unpaired) electrons. The molecule has 1 unspecified atom stereocenters. The molecular weight excluding hydrogens is 543 g/mol. The lowest BCUT2D eigenvalue weighted by Crippen LogP contribution is -2.31. The minimum atomic E-state index is -4.40. The number of nitrogens with one attached hydrogen (secondary N) is 1. The van der Waals surface area contributed by atoms with E-state index in [0.717, 1.165) is 23.3 Å². The average molecular weight is 572 g/mol. The van der Waals surface area contributed by atoms with Gasteiger partial charge in [-0.25, -0.2) is 18.4 Å². The maximum absolute atomic E-state index is 13.0. The van der Waals surface area contributed by atoms with Crippen molar-refractivity contribution < 1.29 is 26.4 Å². The highest BCUT2D eigenvalue weighted by molar-refractivity contribution is 7.91. The molecule has 1 N–H and O–H groups in total. The molecule has 0 saturated carbocycles. The van der Waals surface area contributed by atoms with Gasteiger partial charge in [-0.3, -0.25) is 4.79 Å². The predicted octanol–water partition coefficient (Wildman–Crippen LogP) is 4.89. The van der Waals surface area contributed by atoms with Crippen molar-refractivity contribution in [3.8, 4) is 6.07 Å². The van der Waals surface area contributed by atoms with Crippen LogP contribution in [0.4, 0.5) is 19.1 Å². The number of aromatic nitrogens is 2. The molecule has 0 bridgehead atoms. The highest BCUT2D eigenvalue weighted by Crippen LogP contribution is 2.37. The largest absolute Gasteiger partial charge is 0.416 e. The quantitative estimate of drug-likeness (QED) is 0.389. The first-order chi connectivity index (χ1) is 19.0. The number of rotatable bonds is 9. The summed E-state index contributed by atoms with van der Waals surface area (Å²) in [5, 5.41) is 11.8. The van der Waals surface area contributed by atoms with Gasteiger partial charge in [-0.1, -0.05) is 31.2 Å². The van der Waals surface area contributed by atoms with E-state index < -0.39 is 27.5 Å². The van der Waals surface area contributed by atoms with E-state index in [1.54, 1.807) is 19.1 Å². The second-order valence-corrected chi connectivity index (χ2v) is 11.8. The van der Waals surface area contributed by atoms with Crippen molar-refractivity contribution in [1.29, 1.82) is 5.26 Å². The summed E-state index contributed by atoms with van der Waals surface area (Å²) in [6, 6.07) is 13.5. The molecule has 1 aliphatic rings. The van der Waals surface area contributed by atoms with Gasteiger partial charge in [0.25, 0.3) is 5.91 Å². The third-order valence-electron chi connectivity index (χ3n) is 6.99. The number of sulfone groups is 1. The molecule has 1 fully saturated rings. The van der Waals surface area contributed by atoms with Crippen molar-refractivity contribution in [1.82, 2.24) is 15.3 Å². The number of amides is 1. The van der Waals surface area contributed by atoms with Gasteiger partial charge in [-0.2, -0.15) is 18.4 Å². The molecule has 2 heterocycles. The maximum Gasteiger partial charge on any atom is 0.416 e.